The van der Waals surface area contributed by atoms with Crippen LogP contribution in [0, 0.1) is 11.3 Å². The fraction of sp³-hybridized carbons (Fsp3) is 0.417. The molecule has 21 heavy (non-hydrogen) atoms. The second-order valence-electron chi connectivity index (χ2n) is 4.09. The van der Waals surface area contributed by atoms with Crippen molar-refractivity contribution in [2.24, 2.45) is 0 Å². The molecule has 116 valence electrons. The molecule has 1 aromatic rings. The van der Waals surface area contributed by atoms with Crippen LogP contribution >= 0.6 is 0 Å². The third-order valence-corrected chi connectivity index (χ3v) is 4.00. The lowest BCUT2D eigenvalue weighted by atomic mass is 10.1. The second-order valence-corrected chi connectivity index (χ2v) is 6.19. The molecule has 1 aromatic carbocycles. The first-order chi connectivity index (χ1) is 9.69. The number of hydrogen-bond acceptors (Lipinski definition) is 4. The van der Waals surface area contributed by atoms with E-state index in [-0.39, 0.29) is 30.1 Å². The van der Waals surface area contributed by atoms with Gasteiger partial charge in [-0.05, 0) is 25.1 Å². The van der Waals surface area contributed by atoms with Gasteiger partial charge in [0.15, 0.2) is 0 Å². The smallest absolute Gasteiger partial charge is 0.383 e. The van der Waals surface area contributed by atoms with E-state index in [2.05, 4.69) is 10.0 Å². The molecule has 0 saturated carbocycles. The molecule has 9 heteroatoms. The third-order valence-electron chi connectivity index (χ3n) is 2.60. The second kappa shape index (κ2) is 6.78. The third kappa shape index (κ3) is 5.24. The molecule has 0 aliphatic rings. The van der Waals surface area contributed by atoms with Crippen molar-refractivity contribution in [1.82, 2.24) is 4.72 Å². The van der Waals surface area contributed by atoms with E-state index >= 15 is 0 Å². The standard InChI is InChI=1S/C12H14F3N3O2S/c1-2-21(19,20)18-6-5-17-11-4-3-9(8-16)7-10(11)12(13,14)15/h3-4,7,17-18H,2,5-6H2,1H3. The number of halogens is 3. The average molecular weight is 321 g/mol. The van der Waals surface area contributed by atoms with Crippen molar-refractivity contribution in [2.45, 2.75) is 13.1 Å². The van der Waals surface area contributed by atoms with Crippen molar-refractivity contribution < 1.29 is 21.6 Å². The Balaban J connectivity index is 2.78. The molecule has 0 aliphatic carbocycles. The summed E-state index contributed by atoms with van der Waals surface area (Å²) in [5.41, 5.74) is -1.25. The zero-order valence-corrected chi connectivity index (χ0v) is 12.0. The number of nitrogens with zero attached hydrogens (tertiary/aromatic N) is 1. The van der Waals surface area contributed by atoms with Crippen molar-refractivity contribution in [1.29, 1.82) is 5.26 Å². The fourth-order valence-electron chi connectivity index (χ4n) is 1.51. The van der Waals surface area contributed by atoms with E-state index < -0.39 is 21.8 Å². The first-order valence-corrected chi connectivity index (χ1v) is 7.67. The molecule has 0 aromatic heterocycles. The van der Waals surface area contributed by atoms with Gasteiger partial charge in [-0.3, -0.25) is 0 Å². The summed E-state index contributed by atoms with van der Waals surface area (Å²) in [6.45, 7) is 1.42. The number of alkyl halides is 3. The minimum atomic E-state index is -4.60. The molecule has 0 aliphatic heterocycles. The van der Waals surface area contributed by atoms with Gasteiger partial charge in [0.25, 0.3) is 0 Å². The topological polar surface area (TPSA) is 82.0 Å². The van der Waals surface area contributed by atoms with Gasteiger partial charge in [0.1, 0.15) is 0 Å². The maximum atomic E-state index is 12.9. The van der Waals surface area contributed by atoms with Gasteiger partial charge >= 0.3 is 6.18 Å². The van der Waals surface area contributed by atoms with E-state index in [9.17, 15) is 21.6 Å². The SMILES string of the molecule is CCS(=O)(=O)NCCNc1ccc(C#N)cc1C(F)(F)F. The molecule has 5 nitrogen and oxygen atoms in total. The Labute approximate surface area is 120 Å². The summed E-state index contributed by atoms with van der Waals surface area (Å²) in [5.74, 6) is -0.0995. The lowest BCUT2D eigenvalue weighted by Gasteiger charge is -2.15. The van der Waals surface area contributed by atoms with Gasteiger partial charge in [-0.1, -0.05) is 0 Å². The lowest BCUT2D eigenvalue weighted by Crippen LogP contribution is -2.30. The molecule has 0 heterocycles. The number of nitrogens with one attached hydrogen (secondary N) is 2. The molecule has 0 fully saturated rings. The predicted octanol–water partition coefficient (Wildman–Crippen LogP) is 1.93. The number of anilines is 1. The minimum Gasteiger partial charge on any atom is -0.383 e. The number of rotatable bonds is 6. The Kier molecular flexibility index (Phi) is 5.57. The van der Waals surface area contributed by atoms with Crippen molar-refractivity contribution >= 4 is 15.7 Å². The van der Waals surface area contributed by atoms with Gasteiger partial charge in [0, 0.05) is 18.8 Å². The van der Waals surface area contributed by atoms with Crippen LogP contribution in [0.1, 0.15) is 18.1 Å². The normalized spacial score (nSPS) is 12.0. The van der Waals surface area contributed by atoms with E-state index in [1.54, 1.807) is 6.07 Å². The first kappa shape index (κ1) is 17.3. The Morgan fingerprint density at radius 1 is 1.29 bits per heavy atom. The van der Waals surface area contributed by atoms with Crippen molar-refractivity contribution in [2.75, 3.05) is 24.2 Å². The summed E-state index contributed by atoms with van der Waals surface area (Å²) >= 11 is 0. The molecular weight excluding hydrogens is 307 g/mol. The molecule has 0 amide bonds. The van der Waals surface area contributed by atoms with E-state index in [0.29, 0.717) is 0 Å². The maximum absolute atomic E-state index is 12.9. The van der Waals surface area contributed by atoms with Crippen LogP contribution in [0.5, 0.6) is 0 Å². The molecule has 0 bridgehead atoms. The molecule has 0 unspecified atom stereocenters. The largest absolute Gasteiger partial charge is 0.418 e. The highest BCUT2D eigenvalue weighted by Gasteiger charge is 2.33. The minimum absolute atomic E-state index is 0.00574. The summed E-state index contributed by atoms with van der Waals surface area (Å²) in [5, 5.41) is 11.1. The highest BCUT2D eigenvalue weighted by Crippen LogP contribution is 2.35. The van der Waals surface area contributed by atoms with Crippen LogP contribution in [-0.2, 0) is 16.2 Å². The molecule has 0 radical (unpaired) electrons. The zero-order valence-electron chi connectivity index (χ0n) is 11.2. The molecule has 0 spiro atoms. The van der Waals surface area contributed by atoms with E-state index in [1.165, 1.54) is 13.0 Å². The molecule has 2 N–H and O–H groups in total. The van der Waals surface area contributed by atoms with Crippen LogP contribution in [0.3, 0.4) is 0 Å². The number of benzene rings is 1. The maximum Gasteiger partial charge on any atom is 0.418 e. The molecule has 1 rings (SSSR count). The first-order valence-electron chi connectivity index (χ1n) is 6.02. The summed E-state index contributed by atoms with van der Waals surface area (Å²) in [7, 11) is -3.38. The molecule has 0 saturated heterocycles. The van der Waals surface area contributed by atoms with Crippen LogP contribution in [0.15, 0.2) is 18.2 Å². The van der Waals surface area contributed by atoms with Gasteiger partial charge < -0.3 is 5.32 Å². The van der Waals surface area contributed by atoms with Crippen molar-refractivity contribution in [3.63, 3.8) is 0 Å². The summed E-state index contributed by atoms with van der Waals surface area (Å²) in [4.78, 5) is 0. The van der Waals surface area contributed by atoms with Crippen molar-refractivity contribution in [3.8, 4) is 6.07 Å². The Bertz CT molecular complexity index is 636. The van der Waals surface area contributed by atoms with Crippen LogP contribution in [-0.4, -0.2) is 27.3 Å². The van der Waals surface area contributed by atoms with Crippen LogP contribution in [0.2, 0.25) is 0 Å². The lowest BCUT2D eigenvalue weighted by molar-refractivity contribution is -0.137. The van der Waals surface area contributed by atoms with E-state index in [4.69, 9.17) is 5.26 Å². The van der Waals surface area contributed by atoms with Crippen LogP contribution in [0.4, 0.5) is 18.9 Å². The summed E-state index contributed by atoms with van der Waals surface area (Å²) < 4.78 is 63.1. The Hall–Kier alpha value is -1.79. The summed E-state index contributed by atoms with van der Waals surface area (Å²) in [6, 6.07) is 4.80. The van der Waals surface area contributed by atoms with Gasteiger partial charge in [-0.2, -0.15) is 18.4 Å². The Morgan fingerprint density at radius 2 is 1.95 bits per heavy atom. The van der Waals surface area contributed by atoms with Gasteiger partial charge in [-0.25, -0.2) is 13.1 Å². The number of nitriles is 1. The fourth-order valence-corrected chi connectivity index (χ4v) is 2.13. The van der Waals surface area contributed by atoms with Crippen molar-refractivity contribution in [3.05, 3.63) is 29.3 Å². The van der Waals surface area contributed by atoms with E-state index in [1.807, 2.05) is 0 Å². The number of hydrogen-bond donors (Lipinski definition) is 2. The quantitative estimate of drug-likeness (QED) is 0.784. The molecular formula is C12H14F3N3O2S. The summed E-state index contributed by atoms with van der Waals surface area (Å²) in [6.07, 6.45) is -4.60. The Morgan fingerprint density at radius 3 is 2.48 bits per heavy atom. The van der Waals surface area contributed by atoms with Gasteiger partial charge in [0.2, 0.25) is 10.0 Å². The highest BCUT2D eigenvalue weighted by molar-refractivity contribution is 7.89. The van der Waals surface area contributed by atoms with E-state index in [0.717, 1.165) is 12.1 Å². The van der Waals surface area contributed by atoms with Crippen LogP contribution in [0.25, 0.3) is 0 Å². The monoisotopic (exact) mass is 321 g/mol. The van der Waals surface area contributed by atoms with Gasteiger partial charge in [0.05, 0.1) is 22.9 Å². The highest BCUT2D eigenvalue weighted by atomic mass is 32.2. The molecule has 0 atom stereocenters. The van der Waals surface area contributed by atoms with Crippen LogP contribution < -0.4 is 10.0 Å². The predicted molar refractivity (Wildman–Crippen MR) is 72.1 cm³/mol. The average Bonchev–Trinajstić information content (AvgIpc) is 2.42. The van der Waals surface area contributed by atoms with Gasteiger partial charge in [-0.15, -0.1) is 0 Å². The number of sulfonamides is 1. The zero-order chi connectivity index (χ0) is 16.1.